The fourth-order valence-corrected chi connectivity index (χ4v) is 2.47. The fraction of sp³-hybridized carbons (Fsp3) is 0.278. The minimum atomic E-state index is -0.575. The maximum Gasteiger partial charge on any atom is 0.237 e. The van der Waals surface area contributed by atoms with E-state index >= 15 is 0 Å². The van der Waals surface area contributed by atoms with Gasteiger partial charge in [-0.05, 0) is 24.1 Å². The Labute approximate surface area is 147 Å². The lowest BCUT2D eigenvalue weighted by Crippen LogP contribution is -2.47. The number of rotatable bonds is 5. The van der Waals surface area contributed by atoms with Crippen molar-refractivity contribution in [1.82, 2.24) is 5.32 Å². The average Bonchev–Trinajstić information content (AvgIpc) is 2.60. The van der Waals surface area contributed by atoms with Crippen LogP contribution in [0.25, 0.3) is 0 Å². The summed E-state index contributed by atoms with van der Waals surface area (Å²) in [6.45, 7) is 0.779. The van der Waals surface area contributed by atoms with Crippen molar-refractivity contribution >= 4 is 18.3 Å². The van der Waals surface area contributed by atoms with Crippen LogP contribution in [0.2, 0.25) is 0 Å². The Morgan fingerprint density at radius 3 is 2.54 bits per heavy atom. The summed E-state index contributed by atoms with van der Waals surface area (Å²) in [7, 11) is 0. The van der Waals surface area contributed by atoms with Crippen LogP contribution >= 0.6 is 12.4 Å². The second-order valence-electron chi connectivity index (χ2n) is 5.54. The van der Waals surface area contributed by atoms with Gasteiger partial charge in [0.2, 0.25) is 5.91 Å². The highest BCUT2D eigenvalue weighted by atomic mass is 35.5. The van der Waals surface area contributed by atoms with Crippen LogP contribution in [0.3, 0.4) is 0 Å². The third kappa shape index (κ3) is 4.63. The largest absolute Gasteiger partial charge is 0.486 e. The normalized spacial score (nSPS) is 16.6. The molecule has 1 heterocycles. The molecule has 6 heteroatoms. The lowest BCUT2D eigenvalue weighted by atomic mass is 10.1. The van der Waals surface area contributed by atoms with E-state index in [1.54, 1.807) is 0 Å². The van der Waals surface area contributed by atoms with Gasteiger partial charge in [0.05, 0.1) is 12.6 Å². The molecule has 5 nitrogen and oxygen atoms in total. The number of fused-ring (bicyclic) bond motifs is 1. The number of nitrogens with one attached hydrogen (secondary N) is 1. The standard InChI is InChI=1S/C18H20N2O3.ClH/c19-15(10-13-6-2-1-3-7-13)18(21)20-11-14-12-22-16-8-4-5-9-17(16)23-14;/h1-9,14-15H,10-12,19H2,(H,20,21);1H/t14?,15-;/m0./s1. The Kier molecular flexibility index (Phi) is 6.46. The predicted octanol–water partition coefficient (Wildman–Crippen LogP) is 1.93. The van der Waals surface area contributed by atoms with Gasteiger partial charge in [0.25, 0.3) is 0 Å². The van der Waals surface area contributed by atoms with Gasteiger partial charge >= 0.3 is 0 Å². The van der Waals surface area contributed by atoms with Gasteiger partial charge in [-0.1, -0.05) is 42.5 Å². The van der Waals surface area contributed by atoms with Gasteiger partial charge < -0.3 is 20.5 Å². The molecule has 1 amide bonds. The molecule has 0 radical (unpaired) electrons. The van der Waals surface area contributed by atoms with E-state index in [-0.39, 0.29) is 24.4 Å². The molecule has 0 aliphatic carbocycles. The number of carbonyl (C=O) groups is 1. The Hall–Kier alpha value is -2.24. The van der Waals surface area contributed by atoms with E-state index in [0.29, 0.717) is 25.3 Å². The summed E-state index contributed by atoms with van der Waals surface area (Å²) < 4.78 is 11.4. The third-order valence-electron chi connectivity index (χ3n) is 3.71. The van der Waals surface area contributed by atoms with Gasteiger partial charge in [-0.15, -0.1) is 12.4 Å². The first-order valence-corrected chi connectivity index (χ1v) is 7.68. The molecule has 0 saturated carbocycles. The zero-order chi connectivity index (χ0) is 16.1. The molecule has 0 aromatic heterocycles. The monoisotopic (exact) mass is 348 g/mol. The molecular formula is C18H21ClN2O3. The van der Waals surface area contributed by atoms with Crippen molar-refractivity contribution in [3.05, 3.63) is 60.2 Å². The van der Waals surface area contributed by atoms with Crippen molar-refractivity contribution in [2.75, 3.05) is 13.2 Å². The molecule has 3 N–H and O–H groups in total. The van der Waals surface area contributed by atoms with Crippen LogP contribution in [-0.2, 0) is 11.2 Å². The zero-order valence-corrected chi connectivity index (χ0v) is 14.0. The molecule has 0 spiro atoms. The molecule has 3 rings (SSSR count). The second kappa shape index (κ2) is 8.57. The second-order valence-corrected chi connectivity index (χ2v) is 5.54. The topological polar surface area (TPSA) is 73.6 Å². The van der Waals surface area contributed by atoms with E-state index in [0.717, 1.165) is 11.3 Å². The van der Waals surface area contributed by atoms with Crippen molar-refractivity contribution in [2.24, 2.45) is 5.73 Å². The molecule has 2 atom stereocenters. The Balaban J connectivity index is 0.00000208. The van der Waals surface area contributed by atoms with E-state index in [2.05, 4.69) is 5.32 Å². The summed E-state index contributed by atoms with van der Waals surface area (Å²) in [6.07, 6.45) is 0.301. The predicted molar refractivity (Wildman–Crippen MR) is 94.7 cm³/mol. The van der Waals surface area contributed by atoms with Crippen molar-refractivity contribution < 1.29 is 14.3 Å². The first-order chi connectivity index (χ1) is 11.2. The van der Waals surface area contributed by atoms with Gasteiger partial charge in [0.15, 0.2) is 11.5 Å². The minimum absolute atomic E-state index is 0. The van der Waals surface area contributed by atoms with E-state index in [4.69, 9.17) is 15.2 Å². The van der Waals surface area contributed by atoms with Crippen LogP contribution in [0.15, 0.2) is 54.6 Å². The molecule has 0 bridgehead atoms. The van der Waals surface area contributed by atoms with Crippen molar-refractivity contribution in [3.8, 4) is 11.5 Å². The molecule has 128 valence electrons. The molecule has 1 unspecified atom stereocenters. The maximum atomic E-state index is 12.1. The van der Waals surface area contributed by atoms with Gasteiger partial charge in [0.1, 0.15) is 12.7 Å². The quantitative estimate of drug-likeness (QED) is 0.866. The fourth-order valence-electron chi connectivity index (χ4n) is 2.47. The van der Waals surface area contributed by atoms with Crippen molar-refractivity contribution in [3.63, 3.8) is 0 Å². The number of ether oxygens (including phenoxy) is 2. The molecule has 24 heavy (non-hydrogen) atoms. The van der Waals surface area contributed by atoms with Crippen LogP contribution in [0.1, 0.15) is 5.56 Å². The summed E-state index contributed by atoms with van der Waals surface area (Å²) in [5.41, 5.74) is 7.00. The smallest absolute Gasteiger partial charge is 0.237 e. The molecular weight excluding hydrogens is 328 g/mol. The van der Waals surface area contributed by atoms with E-state index < -0.39 is 6.04 Å². The average molecular weight is 349 g/mol. The Morgan fingerprint density at radius 2 is 1.79 bits per heavy atom. The number of nitrogens with two attached hydrogens (primary N) is 1. The molecule has 1 aliphatic rings. The molecule has 0 fully saturated rings. The molecule has 2 aromatic rings. The van der Waals surface area contributed by atoms with E-state index in [1.165, 1.54) is 0 Å². The van der Waals surface area contributed by atoms with Gasteiger partial charge in [-0.3, -0.25) is 4.79 Å². The van der Waals surface area contributed by atoms with Crippen LogP contribution < -0.4 is 20.5 Å². The van der Waals surface area contributed by atoms with E-state index in [9.17, 15) is 4.79 Å². The number of hydrogen-bond acceptors (Lipinski definition) is 4. The van der Waals surface area contributed by atoms with Crippen LogP contribution in [0.4, 0.5) is 0 Å². The number of hydrogen-bond donors (Lipinski definition) is 2. The highest BCUT2D eigenvalue weighted by Gasteiger charge is 2.22. The van der Waals surface area contributed by atoms with Gasteiger partial charge in [-0.25, -0.2) is 0 Å². The van der Waals surface area contributed by atoms with Crippen molar-refractivity contribution in [2.45, 2.75) is 18.6 Å². The third-order valence-corrected chi connectivity index (χ3v) is 3.71. The summed E-state index contributed by atoms with van der Waals surface area (Å²) in [4.78, 5) is 12.1. The number of halogens is 1. The summed E-state index contributed by atoms with van der Waals surface area (Å²) >= 11 is 0. The Bertz CT molecular complexity index is 666. The molecule has 0 saturated heterocycles. The zero-order valence-electron chi connectivity index (χ0n) is 13.2. The van der Waals surface area contributed by atoms with Crippen molar-refractivity contribution in [1.29, 1.82) is 0 Å². The van der Waals surface area contributed by atoms with Gasteiger partial charge in [0, 0.05) is 0 Å². The minimum Gasteiger partial charge on any atom is -0.486 e. The van der Waals surface area contributed by atoms with E-state index in [1.807, 2.05) is 54.6 Å². The highest BCUT2D eigenvalue weighted by molar-refractivity contribution is 5.85. The van der Waals surface area contributed by atoms with Crippen LogP contribution in [0, 0.1) is 0 Å². The molecule has 1 aliphatic heterocycles. The lowest BCUT2D eigenvalue weighted by molar-refractivity contribution is -0.122. The number of para-hydroxylation sites is 2. The first kappa shape index (κ1) is 18.1. The number of amides is 1. The number of carbonyl (C=O) groups excluding carboxylic acids is 1. The lowest BCUT2D eigenvalue weighted by Gasteiger charge is -2.26. The van der Waals surface area contributed by atoms with Crippen LogP contribution in [-0.4, -0.2) is 31.2 Å². The SMILES string of the molecule is Cl.N[C@@H](Cc1ccccc1)C(=O)NCC1COc2ccccc2O1. The molecule has 2 aromatic carbocycles. The summed E-state index contributed by atoms with van der Waals surface area (Å²) in [5, 5.41) is 2.83. The summed E-state index contributed by atoms with van der Waals surface area (Å²) in [6, 6.07) is 16.7. The summed E-state index contributed by atoms with van der Waals surface area (Å²) in [5.74, 6) is 1.25. The highest BCUT2D eigenvalue weighted by Crippen LogP contribution is 2.30. The first-order valence-electron chi connectivity index (χ1n) is 7.68. The van der Waals surface area contributed by atoms with Crippen LogP contribution in [0.5, 0.6) is 11.5 Å². The van der Waals surface area contributed by atoms with Gasteiger partial charge in [-0.2, -0.15) is 0 Å². The Morgan fingerprint density at radius 1 is 1.12 bits per heavy atom. The number of benzene rings is 2. The maximum absolute atomic E-state index is 12.1.